The Morgan fingerprint density at radius 3 is 2.75 bits per heavy atom. The van der Waals surface area contributed by atoms with Crippen molar-refractivity contribution in [2.45, 2.75) is 25.8 Å². The quantitative estimate of drug-likeness (QED) is 0.589. The van der Waals surface area contributed by atoms with Gasteiger partial charge >= 0.3 is 0 Å². The summed E-state index contributed by atoms with van der Waals surface area (Å²) in [5.74, 6) is 0.903. The molecule has 0 aliphatic rings. The fourth-order valence-electron chi connectivity index (χ4n) is 2.44. The lowest BCUT2D eigenvalue weighted by Gasteiger charge is -2.10. The average molecular weight is 325 g/mol. The van der Waals surface area contributed by atoms with Gasteiger partial charge in [-0.2, -0.15) is 0 Å². The smallest absolute Gasteiger partial charge is 0.128 e. The second-order valence-corrected chi connectivity index (χ2v) is 7.27. The Morgan fingerprint density at radius 1 is 1.30 bits per heavy atom. The highest BCUT2D eigenvalue weighted by atomic mass is 35.5. The summed E-state index contributed by atoms with van der Waals surface area (Å²) < 4.78 is 3.01. The number of aromatic nitrogens is 2. The van der Waals surface area contributed by atoms with E-state index in [2.05, 4.69) is 28.6 Å². The van der Waals surface area contributed by atoms with Gasteiger partial charge in [0.2, 0.25) is 0 Å². The highest BCUT2D eigenvalue weighted by Gasteiger charge is 2.16. The SMILES string of the molecule is Cc1cccc2nc(C(C)Cl)n(Cc3ccc(Cl)s3)c12. The Bertz CT molecular complexity index is 758. The molecule has 0 radical (unpaired) electrons. The lowest BCUT2D eigenvalue weighted by atomic mass is 10.2. The van der Waals surface area contributed by atoms with E-state index in [1.54, 1.807) is 11.3 Å². The minimum absolute atomic E-state index is 0.128. The standard InChI is InChI=1S/C15H14Cl2N2S/c1-9-4-3-5-12-14(9)19(15(18-12)10(2)16)8-11-6-7-13(17)20-11/h3-7,10H,8H2,1-2H3. The summed E-state index contributed by atoms with van der Waals surface area (Å²) >= 11 is 13.9. The number of fused-ring (bicyclic) bond motifs is 1. The summed E-state index contributed by atoms with van der Waals surface area (Å²) in [5.41, 5.74) is 3.36. The van der Waals surface area contributed by atoms with Crippen molar-refractivity contribution in [3.63, 3.8) is 0 Å². The van der Waals surface area contributed by atoms with Gasteiger partial charge in [-0.25, -0.2) is 4.98 Å². The number of imidazole rings is 1. The minimum atomic E-state index is -0.128. The van der Waals surface area contributed by atoms with Crippen LogP contribution in [0.4, 0.5) is 0 Å². The van der Waals surface area contributed by atoms with Gasteiger partial charge in [0, 0.05) is 4.88 Å². The van der Waals surface area contributed by atoms with Crippen LogP contribution in [-0.2, 0) is 6.54 Å². The van der Waals surface area contributed by atoms with Crippen molar-refractivity contribution in [1.29, 1.82) is 0 Å². The van der Waals surface area contributed by atoms with Crippen LogP contribution in [0, 0.1) is 6.92 Å². The third-order valence-electron chi connectivity index (χ3n) is 3.30. The molecule has 0 spiro atoms. The summed E-state index contributed by atoms with van der Waals surface area (Å²) in [6.07, 6.45) is 0. The van der Waals surface area contributed by atoms with Crippen molar-refractivity contribution in [2.75, 3.05) is 0 Å². The van der Waals surface area contributed by atoms with Crippen LogP contribution in [0.5, 0.6) is 0 Å². The van der Waals surface area contributed by atoms with Crippen LogP contribution in [-0.4, -0.2) is 9.55 Å². The van der Waals surface area contributed by atoms with Crippen molar-refractivity contribution in [3.05, 3.63) is 50.9 Å². The molecule has 0 N–H and O–H groups in total. The first-order chi connectivity index (χ1) is 9.56. The zero-order valence-electron chi connectivity index (χ0n) is 11.2. The number of alkyl halides is 1. The van der Waals surface area contributed by atoms with Crippen LogP contribution >= 0.6 is 34.5 Å². The molecule has 2 nitrogen and oxygen atoms in total. The summed E-state index contributed by atoms with van der Waals surface area (Å²) in [6, 6.07) is 10.1. The van der Waals surface area contributed by atoms with Crippen LogP contribution < -0.4 is 0 Å². The Kier molecular flexibility index (Phi) is 3.76. The molecule has 5 heteroatoms. The van der Waals surface area contributed by atoms with Gasteiger partial charge in [-0.05, 0) is 37.6 Å². The van der Waals surface area contributed by atoms with Gasteiger partial charge in [0.05, 0.1) is 27.3 Å². The minimum Gasteiger partial charge on any atom is -0.321 e. The average Bonchev–Trinajstić information content (AvgIpc) is 2.95. The number of hydrogen-bond donors (Lipinski definition) is 0. The van der Waals surface area contributed by atoms with Gasteiger partial charge < -0.3 is 4.57 Å². The van der Waals surface area contributed by atoms with Crippen LogP contribution in [0.15, 0.2) is 30.3 Å². The molecule has 104 valence electrons. The number of benzene rings is 1. The molecular formula is C15H14Cl2N2S. The van der Waals surface area contributed by atoms with E-state index in [1.807, 2.05) is 25.1 Å². The lowest BCUT2D eigenvalue weighted by Crippen LogP contribution is -2.05. The molecule has 20 heavy (non-hydrogen) atoms. The molecular weight excluding hydrogens is 311 g/mol. The molecule has 3 aromatic rings. The van der Waals surface area contributed by atoms with Crippen molar-refractivity contribution in [2.24, 2.45) is 0 Å². The third kappa shape index (κ3) is 2.46. The largest absolute Gasteiger partial charge is 0.321 e. The molecule has 3 rings (SSSR count). The van der Waals surface area contributed by atoms with E-state index in [9.17, 15) is 0 Å². The number of para-hydroxylation sites is 1. The second-order valence-electron chi connectivity index (χ2n) is 4.82. The molecule has 2 heterocycles. The number of thiophene rings is 1. The Labute approximate surface area is 132 Å². The molecule has 1 unspecified atom stereocenters. The predicted molar refractivity (Wildman–Crippen MR) is 87.2 cm³/mol. The second kappa shape index (κ2) is 5.40. The van der Waals surface area contributed by atoms with E-state index in [4.69, 9.17) is 23.2 Å². The van der Waals surface area contributed by atoms with E-state index in [-0.39, 0.29) is 5.38 Å². The van der Waals surface area contributed by atoms with Gasteiger partial charge in [-0.15, -0.1) is 22.9 Å². The fraction of sp³-hybridized carbons (Fsp3) is 0.267. The Morgan fingerprint density at radius 2 is 2.10 bits per heavy atom. The molecule has 1 atom stereocenters. The van der Waals surface area contributed by atoms with Crippen LogP contribution in [0.3, 0.4) is 0 Å². The molecule has 0 aliphatic carbocycles. The molecule has 1 aromatic carbocycles. The van der Waals surface area contributed by atoms with Gasteiger partial charge in [0.15, 0.2) is 0 Å². The lowest BCUT2D eigenvalue weighted by molar-refractivity contribution is 0.749. The molecule has 0 aliphatic heterocycles. The van der Waals surface area contributed by atoms with Gasteiger partial charge in [0.1, 0.15) is 5.82 Å². The maximum absolute atomic E-state index is 6.30. The first-order valence-corrected chi connectivity index (χ1v) is 8.03. The summed E-state index contributed by atoms with van der Waals surface area (Å²) in [7, 11) is 0. The zero-order chi connectivity index (χ0) is 14.3. The number of aryl methyl sites for hydroxylation is 1. The van der Waals surface area contributed by atoms with Gasteiger partial charge in [-0.1, -0.05) is 23.7 Å². The van der Waals surface area contributed by atoms with E-state index in [1.165, 1.54) is 10.4 Å². The molecule has 0 fully saturated rings. The third-order valence-corrected chi connectivity index (χ3v) is 4.71. The monoisotopic (exact) mass is 324 g/mol. The van der Waals surface area contributed by atoms with E-state index >= 15 is 0 Å². The van der Waals surface area contributed by atoms with Crippen molar-refractivity contribution >= 4 is 45.6 Å². The zero-order valence-corrected chi connectivity index (χ0v) is 13.6. The molecule has 2 aromatic heterocycles. The molecule has 0 bridgehead atoms. The van der Waals surface area contributed by atoms with E-state index in [0.717, 1.165) is 27.7 Å². The molecule has 0 amide bonds. The summed E-state index contributed by atoms with van der Waals surface area (Å²) in [4.78, 5) is 5.88. The topological polar surface area (TPSA) is 17.8 Å². The van der Waals surface area contributed by atoms with Crippen molar-refractivity contribution in [3.8, 4) is 0 Å². The summed E-state index contributed by atoms with van der Waals surface area (Å²) in [5, 5.41) is -0.128. The Hall–Kier alpha value is -1.03. The number of hydrogen-bond acceptors (Lipinski definition) is 2. The highest BCUT2D eigenvalue weighted by molar-refractivity contribution is 7.16. The van der Waals surface area contributed by atoms with E-state index < -0.39 is 0 Å². The first-order valence-electron chi connectivity index (χ1n) is 6.40. The van der Waals surface area contributed by atoms with Crippen LogP contribution in [0.2, 0.25) is 4.34 Å². The number of halogens is 2. The number of nitrogens with zero attached hydrogens (tertiary/aromatic N) is 2. The number of rotatable bonds is 3. The molecule has 0 saturated carbocycles. The van der Waals surface area contributed by atoms with Crippen LogP contribution in [0.25, 0.3) is 11.0 Å². The summed E-state index contributed by atoms with van der Waals surface area (Å²) in [6.45, 7) is 4.81. The van der Waals surface area contributed by atoms with Crippen LogP contribution in [0.1, 0.15) is 28.6 Å². The Balaban J connectivity index is 2.18. The normalized spacial score (nSPS) is 13.0. The van der Waals surface area contributed by atoms with Crippen molar-refractivity contribution in [1.82, 2.24) is 9.55 Å². The van der Waals surface area contributed by atoms with E-state index in [0.29, 0.717) is 0 Å². The highest BCUT2D eigenvalue weighted by Crippen LogP contribution is 2.29. The maximum atomic E-state index is 6.30. The van der Waals surface area contributed by atoms with Gasteiger partial charge in [-0.3, -0.25) is 0 Å². The van der Waals surface area contributed by atoms with Crippen molar-refractivity contribution < 1.29 is 0 Å². The maximum Gasteiger partial charge on any atom is 0.128 e. The molecule has 0 saturated heterocycles. The van der Waals surface area contributed by atoms with Gasteiger partial charge in [0.25, 0.3) is 0 Å². The fourth-order valence-corrected chi connectivity index (χ4v) is 3.68. The first kappa shape index (κ1) is 13.9. The predicted octanol–water partition coefficient (Wildman–Crippen LogP) is 5.41.